The van der Waals surface area contributed by atoms with E-state index in [-0.39, 0.29) is 41.4 Å². The zero-order valence-electron chi connectivity index (χ0n) is 16.5. The number of fused-ring (bicyclic) bond motifs is 1. The summed E-state index contributed by atoms with van der Waals surface area (Å²) in [5, 5.41) is 15.3. The van der Waals surface area contributed by atoms with Crippen molar-refractivity contribution in [1.29, 1.82) is 0 Å². The van der Waals surface area contributed by atoms with Crippen molar-refractivity contribution in [1.82, 2.24) is 19.9 Å². The van der Waals surface area contributed by atoms with Crippen molar-refractivity contribution in [3.8, 4) is 6.01 Å². The van der Waals surface area contributed by atoms with Gasteiger partial charge >= 0.3 is 6.01 Å². The molecule has 4 N–H and O–H groups in total. The molecule has 3 aromatic rings. The quantitative estimate of drug-likeness (QED) is 0.410. The lowest BCUT2D eigenvalue weighted by Crippen LogP contribution is -2.38. The molecule has 2 heterocycles. The molecule has 32 heavy (non-hydrogen) atoms. The van der Waals surface area contributed by atoms with Crippen molar-refractivity contribution in [3.63, 3.8) is 0 Å². The molecule has 0 aliphatic carbocycles. The van der Waals surface area contributed by atoms with E-state index in [1.165, 1.54) is 48.3 Å². The van der Waals surface area contributed by atoms with E-state index >= 15 is 0 Å². The number of likely N-dealkylation sites (N-methyl/N-ethyl adjacent to an activating group) is 1. The third-order valence-electron chi connectivity index (χ3n) is 4.57. The van der Waals surface area contributed by atoms with Crippen LogP contribution in [0, 0.1) is 0 Å². The largest absolute Gasteiger partial charge is 0.479 e. The highest BCUT2D eigenvalue weighted by Crippen LogP contribution is 2.26. The van der Waals surface area contributed by atoms with Crippen molar-refractivity contribution in [2.45, 2.75) is 4.90 Å². The number of ketones is 1. The Hall–Kier alpha value is -4.10. The maximum Gasteiger partial charge on any atom is 0.320 e. The van der Waals surface area contributed by atoms with Gasteiger partial charge < -0.3 is 20.6 Å². The van der Waals surface area contributed by atoms with Crippen LogP contribution in [0.25, 0.3) is 0 Å². The second-order valence-electron chi connectivity index (χ2n) is 6.85. The maximum atomic E-state index is 12.4. The second kappa shape index (κ2) is 7.86. The highest BCUT2D eigenvalue weighted by atomic mass is 32.2. The van der Waals surface area contributed by atoms with Crippen molar-refractivity contribution in [2.75, 3.05) is 24.2 Å². The molecule has 12 nitrogen and oxygen atoms in total. The van der Waals surface area contributed by atoms with Crippen molar-refractivity contribution < 1.29 is 27.7 Å². The molecule has 0 spiro atoms. The lowest BCUT2D eigenvalue weighted by atomic mass is 9.97. The standard InChI is InChI=1S/C19H16N6O6S/c1-25-9-14(26)11-7-6-10(8-12(11)16(25)27)20-17-22-18(24-19(28)23-17)21-13-4-2-3-5-15(13)32(29,30)31/h2-8H,9H2,1H3,(H,29,30,31)(H3,20,21,22,23,24,28). The molecule has 0 atom stereocenters. The molecule has 1 aliphatic heterocycles. The fourth-order valence-electron chi connectivity index (χ4n) is 3.14. The molecule has 0 radical (unpaired) electrons. The van der Waals surface area contributed by atoms with E-state index in [1.807, 2.05) is 0 Å². The van der Waals surface area contributed by atoms with Gasteiger partial charge in [0.1, 0.15) is 4.90 Å². The van der Waals surface area contributed by atoms with Gasteiger partial charge in [-0.15, -0.1) is 0 Å². The van der Waals surface area contributed by atoms with E-state index in [2.05, 4.69) is 25.6 Å². The third-order valence-corrected chi connectivity index (χ3v) is 5.48. The Kier molecular flexibility index (Phi) is 5.20. The number of benzene rings is 2. The van der Waals surface area contributed by atoms with Crippen LogP contribution < -0.4 is 10.6 Å². The normalized spacial score (nSPS) is 13.6. The van der Waals surface area contributed by atoms with Crippen LogP contribution in [-0.2, 0) is 10.1 Å². The van der Waals surface area contributed by atoms with Crippen molar-refractivity contribution >= 4 is 45.1 Å². The number of hydrogen-bond acceptors (Lipinski definition) is 10. The molecule has 0 unspecified atom stereocenters. The molecular formula is C19H16N6O6S. The maximum absolute atomic E-state index is 12.4. The zero-order valence-corrected chi connectivity index (χ0v) is 17.3. The fraction of sp³-hybridized carbons (Fsp3) is 0.105. The summed E-state index contributed by atoms with van der Waals surface area (Å²) in [7, 11) is -3.00. The molecule has 0 saturated carbocycles. The van der Waals surface area contributed by atoms with Crippen LogP contribution in [0.4, 0.5) is 23.3 Å². The van der Waals surface area contributed by atoms with Gasteiger partial charge in [0.25, 0.3) is 16.0 Å². The van der Waals surface area contributed by atoms with E-state index < -0.39 is 21.0 Å². The number of carbonyl (C=O) groups excluding carboxylic acids is 2. The Morgan fingerprint density at radius 2 is 1.66 bits per heavy atom. The number of Topliss-reactive ketones (excluding diaryl/α,β-unsaturated/α-hetero) is 1. The van der Waals surface area contributed by atoms with Gasteiger partial charge in [-0.25, -0.2) is 0 Å². The van der Waals surface area contributed by atoms with Crippen LogP contribution >= 0.6 is 0 Å². The Labute approximate surface area is 181 Å². The zero-order chi connectivity index (χ0) is 23.0. The molecule has 0 bridgehead atoms. The molecule has 13 heteroatoms. The topological polar surface area (TPSA) is 175 Å². The van der Waals surface area contributed by atoms with Gasteiger partial charge in [0, 0.05) is 18.3 Å². The van der Waals surface area contributed by atoms with E-state index in [4.69, 9.17) is 0 Å². The average Bonchev–Trinajstić information content (AvgIpc) is 2.71. The van der Waals surface area contributed by atoms with Crippen LogP contribution in [0.3, 0.4) is 0 Å². The molecule has 1 amide bonds. The summed E-state index contributed by atoms with van der Waals surface area (Å²) in [6.45, 7) is 0.0000103. The summed E-state index contributed by atoms with van der Waals surface area (Å²) in [4.78, 5) is 36.9. The number of rotatable bonds is 5. The summed E-state index contributed by atoms with van der Waals surface area (Å²) in [5.74, 6) is -0.825. The Morgan fingerprint density at radius 1 is 0.969 bits per heavy atom. The number of carbonyl (C=O) groups is 2. The summed E-state index contributed by atoms with van der Waals surface area (Å²) in [6, 6.07) is 9.36. The average molecular weight is 456 g/mol. The highest BCUT2D eigenvalue weighted by molar-refractivity contribution is 7.86. The van der Waals surface area contributed by atoms with Gasteiger partial charge in [0.2, 0.25) is 11.9 Å². The van der Waals surface area contributed by atoms with Gasteiger partial charge in [-0.2, -0.15) is 23.4 Å². The number of amides is 1. The SMILES string of the molecule is CN1CC(=O)c2ccc(Nc3nc(O)nc(Nc4ccccc4S(=O)(=O)O)n3)cc2C1=O. The highest BCUT2D eigenvalue weighted by Gasteiger charge is 2.27. The Morgan fingerprint density at radius 3 is 2.38 bits per heavy atom. The van der Waals surface area contributed by atoms with Crippen LogP contribution in [0.15, 0.2) is 47.4 Å². The Balaban J connectivity index is 1.64. The molecule has 2 aromatic carbocycles. The van der Waals surface area contributed by atoms with E-state index in [0.717, 1.165) is 0 Å². The number of para-hydroxylation sites is 1. The molecular weight excluding hydrogens is 440 g/mol. The van der Waals surface area contributed by atoms with Crippen LogP contribution in [-0.4, -0.2) is 63.2 Å². The van der Waals surface area contributed by atoms with Gasteiger partial charge in [0.05, 0.1) is 17.8 Å². The predicted molar refractivity (Wildman–Crippen MR) is 112 cm³/mol. The first-order chi connectivity index (χ1) is 15.1. The molecule has 1 aromatic heterocycles. The summed E-state index contributed by atoms with van der Waals surface area (Å²) in [6.07, 6.45) is 0. The third kappa shape index (κ3) is 4.19. The molecule has 164 valence electrons. The van der Waals surface area contributed by atoms with E-state index in [1.54, 1.807) is 6.07 Å². The minimum Gasteiger partial charge on any atom is -0.479 e. The lowest BCUT2D eigenvalue weighted by Gasteiger charge is -2.24. The molecule has 1 aliphatic rings. The van der Waals surface area contributed by atoms with Gasteiger partial charge in [0.15, 0.2) is 5.78 Å². The van der Waals surface area contributed by atoms with Crippen LogP contribution in [0.1, 0.15) is 20.7 Å². The summed E-state index contributed by atoms with van der Waals surface area (Å²) >= 11 is 0. The number of hydrogen-bond donors (Lipinski definition) is 4. The first-order valence-corrected chi connectivity index (χ1v) is 10.5. The van der Waals surface area contributed by atoms with Crippen LogP contribution in [0.2, 0.25) is 0 Å². The predicted octanol–water partition coefficient (Wildman–Crippen LogP) is 1.58. The number of nitrogens with zero attached hydrogens (tertiary/aromatic N) is 4. The minimum absolute atomic E-state index is 0.0000103. The van der Waals surface area contributed by atoms with Gasteiger partial charge in [-0.05, 0) is 30.3 Å². The van der Waals surface area contributed by atoms with E-state index in [9.17, 15) is 27.7 Å². The minimum atomic E-state index is -4.52. The molecule has 0 saturated heterocycles. The number of aromatic hydroxyl groups is 1. The summed E-state index contributed by atoms with van der Waals surface area (Å²) < 4.78 is 32.5. The van der Waals surface area contributed by atoms with E-state index in [0.29, 0.717) is 11.3 Å². The van der Waals surface area contributed by atoms with Gasteiger partial charge in [-0.1, -0.05) is 12.1 Å². The fourth-order valence-corrected chi connectivity index (χ4v) is 3.79. The number of aromatic nitrogens is 3. The number of nitrogens with one attached hydrogen (secondary N) is 2. The second-order valence-corrected chi connectivity index (χ2v) is 8.24. The smallest absolute Gasteiger partial charge is 0.320 e. The van der Waals surface area contributed by atoms with Crippen molar-refractivity contribution in [2.24, 2.45) is 0 Å². The summed E-state index contributed by atoms with van der Waals surface area (Å²) in [5.41, 5.74) is 0.872. The monoisotopic (exact) mass is 456 g/mol. The Bertz CT molecular complexity index is 1360. The first-order valence-electron chi connectivity index (χ1n) is 9.10. The molecule has 0 fully saturated rings. The van der Waals surface area contributed by atoms with Gasteiger partial charge in [-0.3, -0.25) is 14.1 Å². The van der Waals surface area contributed by atoms with Crippen LogP contribution in [0.5, 0.6) is 6.01 Å². The number of anilines is 4. The first kappa shape index (κ1) is 21.1. The van der Waals surface area contributed by atoms with Crippen molar-refractivity contribution in [3.05, 3.63) is 53.6 Å². The lowest BCUT2D eigenvalue weighted by molar-refractivity contribution is 0.0719. The molecule has 4 rings (SSSR count).